The Kier molecular flexibility index (Phi) is 6.27. The van der Waals surface area contributed by atoms with Gasteiger partial charge < -0.3 is 9.47 Å². The van der Waals surface area contributed by atoms with Gasteiger partial charge in [0.1, 0.15) is 12.4 Å². The highest BCUT2D eigenvalue weighted by Gasteiger charge is 2.20. The quantitative estimate of drug-likeness (QED) is 0.308. The largest absolute Gasteiger partial charge is 0.497 e. The van der Waals surface area contributed by atoms with E-state index in [0.717, 1.165) is 15.6 Å². The number of aromatic nitrogens is 1. The van der Waals surface area contributed by atoms with Gasteiger partial charge in [0.05, 0.1) is 17.6 Å². The van der Waals surface area contributed by atoms with E-state index in [1.165, 1.54) is 35.2 Å². The molecule has 0 bridgehead atoms. The van der Waals surface area contributed by atoms with E-state index in [0.29, 0.717) is 10.6 Å². The normalized spacial score (nSPS) is 10.5. The first-order chi connectivity index (χ1) is 13.5. The summed E-state index contributed by atoms with van der Waals surface area (Å²) in [6.07, 6.45) is 0. The van der Waals surface area contributed by atoms with Crippen molar-refractivity contribution < 1.29 is 19.2 Å². The van der Waals surface area contributed by atoms with Crippen LogP contribution < -0.4 is 4.74 Å². The van der Waals surface area contributed by atoms with Crippen LogP contribution in [0.4, 0.5) is 5.69 Å². The third kappa shape index (κ3) is 4.87. The van der Waals surface area contributed by atoms with Gasteiger partial charge in [-0.3, -0.25) is 10.1 Å². The van der Waals surface area contributed by atoms with Gasteiger partial charge in [-0.2, -0.15) is 0 Å². The van der Waals surface area contributed by atoms with Gasteiger partial charge >= 0.3 is 5.97 Å². The lowest BCUT2D eigenvalue weighted by Crippen LogP contribution is -2.07. The van der Waals surface area contributed by atoms with E-state index >= 15 is 0 Å². The molecule has 1 aromatic heterocycles. The number of esters is 1. The van der Waals surface area contributed by atoms with Crippen molar-refractivity contribution in [1.29, 1.82) is 0 Å². The summed E-state index contributed by atoms with van der Waals surface area (Å²) in [5, 5.41) is 13.0. The molecule has 0 saturated heterocycles. The Labute approximate surface area is 169 Å². The summed E-state index contributed by atoms with van der Waals surface area (Å²) in [5.41, 5.74) is 1.62. The van der Waals surface area contributed by atoms with Crippen LogP contribution in [0, 0.1) is 17.0 Å². The topological polar surface area (TPSA) is 91.6 Å². The van der Waals surface area contributed by atoms with Gasteiger partial charge in [-0.15, -0.1) is 11.3 Å². The number of carbonyl (C=O) groups excluding carboxylic acids is 1. The molecule has 3 aromatic rings. The molecule has 0 aliphatic rings. The Balaban J connectivity index is 1.80. The summed E-state index contributed by atoms with van der Waals surface area (Å²) < 4.78 is 11.2. The van der Waals surface area contributed by atoms with Crippen LogP contribution in [0.3, 0.4) is 0 Å². The number of nitro benzene ring substituents is 1. The van der Waals surface area contributed by atoms with Gasteiger partial charge in [-0.25, -0.2) is 9.78 Å². The minimum absolute atomic E-state index is 0.0476. The molecule has 9 heteroatoms. The van der Waals surface area contributed by atoms with Crippen molar-refractivity contribution in [1.82, 2.24) is 4.98 Å². The maximum atomic E-state index is 12.6. The number of rotatable bonds is 7. The first-order valence-electron chi connectivity index (χ1n) is 8.14. The van der Waals surface area contributed by atoms with Crippen LogP contribution in [0.25, 0.3) is 0 Å². The van der Waals surface area contributed by atoms with Crippen LogP contribution >= 0.6 is 23.1 Å². The molecule has 7 nitrogen and oxygen atoms in total. The van der Waals surface area contributed by atoms with E-state index in [1.54, 1.807) is 37.4 Å². The van der Waals surface area contributed by atoms with Crippen molar-refractivity contribution in [3.8, 4) is 5.75 Å². The summed E-state index contributed by atoms with van der Waals surface area (Å²) in [5.74, 6) is 0.0708. The van der Waals surface area contributed by atoms with Crippen LogP contribution in [0.2, 0.25) is 0 Å². The van der Waals surface area contributed by atoms with Crippen molar-refractivity contribution in [2.75, 3.05) is 7.11 Å². The van der Waals surface area contributed by atoms with E-state index in [-0.39, 0.29) is 17.9 Å². The number of aryl methyl sites for hydroxylation is 1. The smallest absolute Gasteiger partial charge is 0.339 e. The number of non-ortho nitro benzene ring substituents is 1. The summed E-state index contributed by atoms with van der Waals surface area (Å²) in [7, 11) is 1.57. The summed E-state index contributed by atoms with van der Waals surface area (Å²) >= 11 is 2.72. The molecule has 0 aliphatic heterocycles. The lowest BCUT2D eigenvalue weighted by molar-refractivity contribution is -0.384. The molecule has 0 atom stereocenters. The fourth-order valence-electron chi connectivity index (χ4n) is 2.30. The standard InChI is InChI=1S/C19H16N2O5S2/c1-12-11-27-19(20-12)28-17-8-5-14(21(23)24)9-16(17)18(22)26-10-13-3-6-15(25-2)7-4-13/h3-9,11H,10H2,1-2H3. The predicted octanol–water partition coefficient (Wildman–Crippen LogP) is 4.88. The second-order valence-electron chi connectivity index (χ2n) is 5.72. The monoisotopic (exact) mass is 416 g/mol. The Morgan fingerprint density at radius 2 is 2.00 bits per heavy atom. The van der Waals surface area contributed by atoms with Crippen molar-refractivity contribution in [2.24, 2.45) is 0 Å². The summed E-state index contributed by atoms with van der Waals surface area (Å²) in [6.45, 7) is 1.92. The molecule has 3 rings (SSSR count). The second kappa shape index (κ2) is 8.85. The van der Waals surface area contributed by atoms with Crippen molar-refractivity contribution >= 4 is 34.8 Å². The molecule has 0 N–H and O–H groups in total. The molecule has 0 spiro atoms. The molecule has 1 heterocycles. The van der Waals surface area contributed by atoms with Gasteiger partial charge in [0.15, 0.2) is 4.34 Å². The number of ether oxygens (including phenoxy) is 2. The van der Waals surface area contributed by atoms with E-state index in [1.807, 2.05) is 12.3 Å². The fraction of sp³-hybridized carbons (Fsp3) is 0.158. The van der Waals surface area contributed by atoms with E-state index < -0.39 is 10.9 Å². The predicted molar refractivity (Wildman–Crippen MR) is 106 cm³/mol. The molecule has 144 valence electrons. The third-order valence-electron chi connectivity index (χ3n) is 3.72. The average Bonchev–Trinajstić information content (AvgIpc) is 3.11. The molecular formula is C19H16N2O5S2. The number of thiazole rings is 1. The molecule has 0 aliphatic carbocycles. The Morgan fingerprint density at radius 1 is 1.25 bits per heavy atom. The van der Waals surface area contributed by atoms with Gasteiger partial charge in [0.25, 0.3) is 5.69 Å². The lowest BCUT2D eigenvalue weighted by Gasteiger charge is -2.09. The fourth-order valence-corrected chi connectivity index (χ4v) is 4.19. The minimum Gasteiger partial charge on any atom is -0.497 e. The number of nitro groups is 1. The minimum atomic E-state index is -0.629. The zero-order chi connectivity index (χ0) is 20.1. The molecule has 0 saturated carbocycles. The second-order valence-corrected chi connectivity index (χ2v) is 7.87. The van der Waals surface area contributed by atoms with Gasteiger partial charge in [-0.1, -0.05) is 23.9 Å². The highest BCUT2D eigenvalue weighted by Crippen LogP contribution is 2.34. The third-order valence-corrected chi connectivity index (χ3v) is 5.85. The van der Waals surface area contributed by atoms with E-state index in [4.69, 9.17) is 9.47 Å². The molecular weight excluding hydrogens is 400 g/mol. The van der Waals surface area contributed by atoms with Crippen molar-refractivity contribution in [3.63, 3.8) is 0 Å². The van der Waals surface area contributed by atoms with Crippen LogP contribution in [-0.4, -0.2) is 23.0 Å². The summed E-state index contributed by atoms with van der Waals surface area (Å²) in [4.78, 5) is 28.1. The van der Waals surface area contributed by atoms with Crippen LogP contribution in [-0.2, 0) is 11.3 Å². The average molecular weight is 416 g/mol. The Hall–Kier alpha value is -2.91. The first-order valence-corrected chi connectivity index (χ1v) is 9.84. The Bertz CT molecular complexity index is 1000. The van der Waals surface area contributed by atoms with Gasteiger partial charge in [0.2, 0.25) is 0 Å². The number of benzene rings is 2. The molecule has 0 fully saturated rings. The number of hydrogen-bond donors (Lipinski definition) is 0. The van der Waals surface area contributed by atoms with Crippen LogP contribution in [0.1, 0.15) is 21.6 Å². The number of carbonyl (C=O) groups is 1. The zero-order valence-corrected chi connectivity index (χ0v) is 16.7. The number of methoxy groups -OCH3 is 1. The summed E-state index contributed by atoms with van der Waals surface area (Å²) in [6, 6.07) is 11.2. The molecule has 28 heavy (non-hydrogen) atoms. The van der Waals surface area contributed by atoms with Crippen molar-refractivity contribution in [3.05, 3.63) is 74.8 Å². The number of hydrogen-bond acceptors (Lipinski definition) is 8. The highest BCUT2D eigenvalue weighted by atomic mass is 32.2. The van der Waals surface area contributed by atoms with E-state index in [2.05, 4.69) is 4.98 Å². The van der Waals surface area contributed by atoms with Crippen LogP contribution in [0.5, 0.6) is 5.75 Å². The van der Waals surface area contributed by atoms with Gasteiger partial charge in [0, 0.05) is 28.1 Å². The maximum Gasteiger partial charge on any atom is 0.339 e. The highest BCUT2D eigenvalue weighted by molar-refractivity contribution is 8.01. The first kappa shape index (κ1) is 19.8. The SMILES string of the molecule is COc1ccc(COC(=O)c2cc([N+](=O)[O-])ccc2Sc2nc(C)cs2)cc1. The molecule has 0 unspecified atom stereocenters. The van der Waals surface area contributed by atoms with Gasteiger partial charge in [-0.05, 0) is 30.7 Å². The van der Waals surface area contributed by atoms with Crippen molar-refractivity contribution in [2.45, 2.75) is 22.8 Å². The maximum absolute atomic E-state index is 12.6. The van der Waals surface area contributed by atoms with Crippen LogP contribution in [0.15, 0.2) is 57.1 Å². The van der Waals surface area contributed by atoms with E-state index in [9.17, 15) is 14.9 Å². The molecule has 2 aromatic carbocycles. The zero-order valence-electron chi connectivity index (χ0n) is 15.1. The molecule has 0 amide bonds. The Morgan fingerprint density at radius 3 is 2.61 bits per heavy atom. The molecule has 0 radical (unpaired) electrons. The lowest BCUT2D eigenvalue weighted by atomic mass is 10.2. The number of nitrogens with zero attached hydrogens (tertiary/aromatic N) is 2.